The van der Waals surface area contributed by atoms with Gasteiger partial charge in [0, 0.05) is 5.92 Å². The summed E-state index contributed by atoms with van der Waals surface area (Å²) in [7, 11) is 0. The first-order valence-electron chi connectivity index (χ1n) is 4.76. The van der Waals surface area contributed by atoms with Crippen LogP contribution in [0.4, 0.5) is 0 Å². The smallest absolute Gasteiger partial charge is 0.104 e. The fourth-order valence-corrected chi connectivity index (χ4v) is 2.23. The zero-order valence-corrected chi connectivity index (χ0v) is 8.36. The van der Waals surface area contributed by atoms with Crippen LogP contribution in [0.5, 0.6) is 0 Å². The molecule has 0 unspecified atom stereocenters. The van der Waals surface area contributed by atoms with Crippen molar-refractivity contribution in [3.63, 3.8) is 0 Å². The molecular formula is C12H14O2. The summed E-state index contributed by atoms with van der Waals surface area (Å²) in [6.45, 7) is 4.05. The molecule has 0 atom stereocenters. The third kappa shape index (κ3) is 1.18. The number of aliphatic hydroxyl groups is 2. The number of allylic oxidation sites excluding steroid dienone is 6. The molecule has 74 valence electrons. The van der Waals surface area contributed by atoms with Crippen LogP contribution >= 0.6 is 0 Å². The average Bonchev–Trinajstić information content (AvgIpc) is 2.16. The SMILES string of the molecule is CC1=CC=C(O)C2C(O)=CC=C(C)C12. The van der Waals surface area contributed by atoms with Gasteiger partial charge in [-0.05, 0) is 26.0 Å². The second-order valence-electron chi connectivity index (χ2n) is 3.96. The first-order chi connectivity index (χ1) is 6.61. The van der Waals surface area contributed by atoms with Crippen LogP contribution in [0.3, 0.4) is 0 Å². The summed E-state index contributed by atoms with van der Waals surface area (Å²) in [6, 6.07) is 0. The van der Waals surface area contributed by atoms with Crippen molar-refractivity contribution in [3.05, 3.63) is 47.0 Å². The summed E-state index contributed by atoms with van der Waals surface area (Å²) in [4.78, 5) is 0. The molecule has 0 fully saturated rings. The van der Waals surface area contributed by atoms with Crippen molar-refractivity contribution in [3.8, 4) is 0 Å². The van der Waals surface area contributed by atoms with E-state index in [1.54, 1.807) is 12.2 Å². The largest absolute Gasteiger partial charge is 0.512 e. The Morgan fingerprint density at radius 3 is 1.57 bits per heavy atom. The van der Waals surface area contributed by atoms with E-state index in [1.165, 1.54) is 11.1 Å². The standard InChI is InChI=1S/C12H14O2/c1-7-3-5-9(13)12-10(14)6-4-8(2)11(7)12/h3-6,11-14H,1-2H3. The van der Waals surface area contributed by atoms with Gasteiger partial charge in [-0.1, -0.05) is 23.3 Å². The van der Waals surface area contributed by atoms with Crippen LogP contribution in [-0.4, -0.2) is 10.2 Å². The normalized spacial score (nSPS) is 31.0. The van der Waals surface area contributed by atoms with E-state index in [4.69, 9.17) is 0 Å². The second kappa shape index (κ2) is 3.05. The Kier molecular flexibility index (Phi) is 1.99. The maximum Gasteiger partial charge on any atom is 0.104 e. The van der Waals surface area contributed by atoms with Crippen molar-refractivity contribution in [1.29, 1.82) is 0 Å². The van der Waals surface area contributed by atoms with Crippen LogP contribution in [0, 0.1) is 11.8 Å². The number of hydrogen-bond acceptors (Lipinski definition) is 2. The Balaban J connectivity index is 2.49. The molecule has 0 aromatic carbocycles. The fraction of sp³-hybridized carbons (Fsp3) is 0.333. The fourth-order valence-electron chi connectivity index (χ4n) is 2.23. The van der Waals surface area contributed by atoms with Gasteiger partial charge >= 0.3 is 0 Å². The lowest BCUT2D eigenvalue weighted by Crippen LogP contribution is -2.25. The van der Waals surface area contributed by atoms with E-state index < -0.39 is 0 Å². The highest BCUT2D eigenvalue weighted by Crippen LogP contribution is 2.41. The lowest BCUT2D eigenvalue weighted by Gasteiger charge is -2.32. The second-order valence-corrected chi connectivity index (χ2v) is 3.96. The van der Waals surface area contributed by atoms with Gasteiger partial charge in [-0.2, -0.15) is 0 Å². The van der Waals surface area contributed by atoms with Crippen LogP contribution < -0.4 is 0 Å². The molecule has 2 rings (SSSR count). The van der Waals surface area contributed by atoms with E-state index in [1.807, 2.05) is 26.0 Å². The number of hydrogen-bond donors (Lipinski definition) is 2. The Labute approximate surface area is 83.6 Å². The van der Waals surface area contributed by atoms with Crippen LogP contribution in [0.25, 0.3) is 0 Å². The van der Waals surface area contributed by atoms with E-state index in [9.17, 15) is 10.2 Å². The van der Waals surface area contributed by atoms with E-state index in [0.29, 0.717) is 0 Å². The van der Waals surface area contributed by atoms with Crippen molar-refractivity contribution >= 4 is 0 Å². The molecule has 0 spiro atoms. The number of aliphatic hydroxyl groups excluding tert-OH is 2. The van der Waals surface area contributed by atoms with Gasteiger partial charge in [0.05, 0.1) is 5.92 Å². The summed E-state index contributed by atoms with van der Waals surface area (Å²) in [5.74, 6) is 0.374. The van der Waals surface area contributed by atoms with Crippen molar-refractivity contribution in [1.82, 2.24) is 0 Å². The Bertz CT molecular complexity index is 309. The Morgan fingerprint density at radius 1 is 0.786 bits per heavy atom. The van der Waals surface area contributed by atoms with Gasteiger partial charge in [-0.25, -0.2) is 0 Å². The molecule has 2 aliphatic carbocycles. The summed E-state index contributed by atoms with van der Waals surface area (Å²) in [6.07, 6.45) is 7.15. The zero-order valence-electron chi connectivity index (χ0n) is 8.36. The van der Waals surface area contributed by atoms with Crippen LogP contribution in [0.1, 0.15) is 13.8 Å². The molecule has 0 aromatic heterocycles. The van der Waals surface area contributed by atoms with Crippen LogP contribution in [0.15, 0.2) is 47.0 Å². The quantitative estimate of drug-likeness (QED) is 0.616. The molecule has 2 N–H and O–H groups in total. The molecule has 0 aromatic rings. The molecule has 0 saturated carbocycles. The molecule has 14 heavy (non-hydrogen) atoms. The summed E-state index contributed by atoms with van der Waals surface area (Å²) >= 11 is 0. The van der Waals surface area contributed by atoms with Crippen molar-refractivity contribution in [2.45, 2.75) is 13.8 Å². The highest BCUT2D eigenvalue weighted by atomic mass is 16.3. The summed E-state index contributed by atoms with van der Waals surface area (Å²) < 4.78 is 0. The zero-order chi connectivity index (χ0) is 10.3. The molecule has 2 nitrogen and oxygen atoms in total. The van der Waals surface area contributed by atoms with E-state index in [-0.39, 0.29) is 23.4 Å². The third-order valence-corrected chi connectivity index (χ3v) is 2.99. The molecule has 0 aliphatic heterocycles. The monoisotopic (exact) mass is 190 g/mol. The minimum Gasteiger partial charge on any atom is -0.512 e. The molecule has 0 bridgehead atoms. The predicted molar refractivity (Wildman–Crippen MR) is 55.9 cm³/mol. The van der Waals surface area contributed by atoms with Crippen molar-refractivity contribution in [2.75, 3.05) is 0 Å². The van der Waals surface area contributed by atoms with Gasteiger partial charge in [0.2, 0.25) is 0 Å². The maximum atomic E-state index is 9.70. The molecule has 0 radical (unpaired) electrons. The van der Waals surface area contributed by atoms with Gasteiger partial charge in [0.15, 0.2) is 0 Å². The average molecular weight is 190 g/mol. The molecule has 0 heterocycles. The lowest BCUT2D eigenvalue weighted by atomic mass is 9.74. The summed E-state index contributed by atoms with van der Waals surface area (Å²) in [5, 5.41) is 19.4. The van der Waals surface area contributed by atoms with Gasteiger partial charge in [0.25, 0.3) is 0 Å². The summed E-state index contributed by atoms with van der Waals surface area (Å²) in [5.41, 5.74) is 2.36. The molecule has 0 amide bonds. The maximum absolute atomic E-state index is 9.70. The molecular weight excluding hydrogens is 176 g/mol. The van der Waals surface area contributed by atoms with Gasteiger partial charge in [0.1, 0.15) is 11.5 Å². The topological polar surface area (TPSA) is 40.5 Å². The third-order valence-electron chi connectivity index (χ3n) is 2.99. The minimum absolute atomic E-state index is 0.130. The predicted octanol–water partition coefficient (Wildman–Crippen LogP) is 3.02. The minimum atomic E-state index is -0.259. The Hall–Kier alpha value is -1.44. The van der Waals surface area contributed by atoms with E-state index in [2.05, 4.69) is 0 Å². The van der Waals surface area contributed by atoms with Gasteiger partial charge < -0.3 is 10.2 Å². The van der Waals surface area contributed by atoms with E-state index >= 15 is 0 Å². The first-order valence-corrected chi connectivity index (χ1v) is 4.76. The van der Waals surface area contributed by atoms with Crippen molar-refractivity contribution in [2.24, 2.45) is 11.8 Å². The van der Waals surface area contributed by atoms with Gasteiger partial charge in [-0.3, -0.25) is 0 Å². The lowest BCUT2D eigenvalue weighted by molar-refractivity contribution is 0.245. The van der Waals surface area contributed by atoms with E-state index in [0.717, 1.165) is 0 Å². The molecule has 0 saturated heterocycles. The highest BCUT2D eigenvalue weighted by Gasteiger charge is 2.34. The first kappa shape index (κ1) is 9.13. The highest BCUT2D eigenvalue weighted by molar-refractivity contribution is 5.40. The Morgan fingerprint density at radius 2 is 1.21 bits per heavy atom. The molecule has 2 heteroatoms. The van der Waals surface area contributed by atoms with Crippen LogP contribution in [-0.2, 0) is 0 Å². The van der Waals surface area contributed by atoms with Gasteiger partial charge in [-0.15, -0.1) is 0 Å². The van der Waals surface area contributed by atoms with Crippen molar-refractivity contribution < 1.29 is 10.2 Å². The molecule has 2 aliphatic rings. The number of rotatable bonds is 0. The number of fused-ring (bicyclic) bond motifs is 1. The van der Waals surface area contributed by atoms with Crippen LogP contribution in [0.2, 0.25) is 0 Å².